The van der Waals surface area contributed by atoms with E-state index >= 15 is 0 Å². The molecule has 1 heterocycles. The minimum Gasteiger partial charge on any atom is -0.493 e. The molecule has 4 aromatic rings. The molecule has 0 fully saturated rings. The van der Waals surface area contributed by atoms with Crippen molar-refractivity contribution in [2.24, 2.45) is 0 Å². The number of imidazole rings is 1. The smallest absolute Gasteiger partial charge is 0.257 e. The van der Waals surface area contributed by atoms with Gasteiger partial charge in [-0.1, -0.05) is 56.3 Å². The van der Waals surface area contributed by atoms with E-state index < -0.39 is 0 Å². The van der Waals surface area contributed by atoms with Crippen molar-refractivity contribution in [1.82, 2.24) is 14.9 Å². The average Bonchev–Trinajstić information content (AvgIpc) is 3.27. The first-order valence-corrected chi connectivity index (χ1v) is 13.6. The lowest BCUT2D eigenvalue weighted by atomic mass is 10.0. The van der Waals surface area contributed by atoms with Crippen LogP contribution in [0, 0.1) is 6.92 Å². The van der Waals surface area contributed by atoms with Gasteiger partial charge in [-0.15, -0.1) is 0 Å². The third kappa shape index (κ3) is 7.60. The molecule has 0 saturated carbocycles. The molecule has 0 aliphatic rings. The fourth-order valence-electron chi connectivity index (χ4n) is 4.55. The van der Waals surface area contributed by atoms with E-state index in [1.165, 1.54) is 11.1 Å². The minimum absolute atomic E-state index is 0.0197. The molecular formula is C32H39N3O3. The van der Waals surface area contributed by atoms with Crippen LogP contribution in [0.1, 0.15) is 56.0 Å². The number of benzene rings is 3. The summed E-state index contributed by atoms with van der Waals surface area (Å²) >= 11 is 0. The Hall–Kier alpha value is -3.80. The molecule has 0 aliphatic heterocycles. The number of ether oxygens (including phenoxy) is 2. The van der Waals surface area contributed by atoms with Crippen LogP contribution in [0.2, 0.25) is 0 Å². The molecule has 38 heavy (non-hydrogen) atoms. The fourth-order valence-corrected chi connectivity index (χ4v) is 4.55. The van der Waals surface area contributed by atoms with Crippen LogP contribution in [0.15, 0.2) is 72.8 Å². The summed E-state index contributed by atoms with van der Waals surface area (Å²) in [5, 5.41) is 2.95. The number of hydrogen-bond donors (Lipinski definition) is 1. The van der Waals surface area contributed by atoms with Crippen LogP contribution in [0.3, 0.4) is 0 Å². The van der Waals surface area contributed by atoms with Crippen molar-refractivity contribution in [2.45, 2.75) is 58.9 Å². The van der Waals surface area contributed by atoms with E-state index in [2.05, 4.69) is 67.1 Å². The second-order valence-electron chi connectivity index (χ2n) is 9.98. The molecule has 0 spiro atoms. The zero-order valence-electron chi connectivity index (χ0n) is 22.8. The molecule has 0 saturated heterocycles. The number of rotatable bonds is 14. The highest BCUT2D eigenvalue weighted by molar-refractivity contribution is 5.77. The lowest BCUT2D eigenvalue weighted by Crippen LogP contribution is -2.30. The number of hydrogen-bond acceptors (Lipinski definition) is 4. The Balaban J connectivity index is 1.25. The number of amides is 1. The summed E-state index contributed by atoms with van der Waals surface area (Å²) in [5.41, 5.74) is 4.65. The Kier molecular flexibility index (Phi) is 9.79. The van der Waals surface area contributed by atoms with E-state index in [9.17, 15) is 4.79 Å². The van der Waals surface area contributed by atoms with Crippen molar-refractivity contribution in [1.29, 1.82) is 0 Å². The number of nitrogens with one attached hydrogen (secondary N) is 1. The van der Waals surface area contributed by atoms with Crippen LogP contribution in [-0.4, -0.2) is 35.2 Å². The van der Waals surface area contributed by atoms with Crippen LogP contribution in [-0.2, 0) is 17.8 Å². The third-order valence-electron chi connectivity index (χ3n) is 6.57. The first kappa shape index (κ1) is 27.2. The molecule has 1 aromatic heterocycles. The van der Waals surface area contributed by atoms with Gasteiger partial charge in [0, 0.05) is 19.5 Å². The molecule has 0 bridgehead atoms. The number of fused-ring (bicyclic) bond motifs is 1. The number of carbonyl (C=O) groups excluding carboxylic acids is 1. The molecule has 4 rings (SSSR count). The Morgan fingerprint density at radius 1 is 0.947 bits per heavy atom. The maximum absolute atomic E-state index is 12.1. The minimum atomic E-state index is -0.114. The molecule has 200 valence electrons. The molecule has 1 amide bonds. The SMILES string of the molecule is Cc1ccc(C(C)C)c(OCCCCn2c(CCCNC(=O)COc3ccccc3)nc3ccccc32)c1. The lowest BCUT2D eigenvalue weighted by Gasteiger charge is -2.15. The lowest BCUT2D eigenvalue weighted by molar-refractivity contribution is -0.123. The number of unbranched alkanes of at least 4 members (excludes halogenated alkanes) is 1. The number of nitrogens with zero attached hydrogens (tertiary/aromatic N) is 2. The van der Waals surface area contributed by atoms with Gasteiger partial charge in [-0.25, -0.2) is 4.98 Å². The van der Waals surface area contributed by atoms with Crippen LogP contribution in [0.5, 0.6) is 11.5 Å². The van der Waals surface area contributed by atoms with E-state index in [4.69, 9.17) is 14.5 Å². The third-order valence-corrected chi connectivity index (χ3v) is 6.57. The van der Waals surface area contributed by atoms with Gasteiger partial charge in [-0.3, -0.25) is 4.79 Å². The number of para-hydroxylation sites is 3. The van der Waals surface area contributed by atoms with Crippen LogP contribution in [0.25, 0.3) is 11.0 Å². The van der Waals surface area contributed by atoms with Crippen molar-refractivity contribution >= 4 is 16.9 Å². The molecule has 1 N–H and O–H groups in total. The van der Waals surface area contributed by atoms with E-state index in [1.807, 2.05) is 36.4 Å². The second kappa shape index (κ2) is 13.7. The maximum atomic E-state index is 12.1. The van der Waals surface area contributed by atoms with Gasteiger partial charge in [-0.2, -0.15) is 0 Å². The molecule has 0 atom stereocenters. The van der Waals surface area contributed by atoms with Gasteiger partial charge in [0.1, 0.15) is 17.3 Å². The van der Waals surface area contributed by atoms with E-state index in [0.717, 1.165) is 54.8 Å². The fraction of sp³-hybridized carbons (Fsp3) is 0.375. The summed E-state index contributed by atoms with van der Waals surface area (Å²) < 4.78 is 14.0. The van der Waals surface area contributed by atoms with Crippen molar-refractivity contribution in [3.63, 3.8) is 0 Å². The highest BCUT2D eigenvalue weighted by Gasteiger charge is 2.12. The van der Waals surface area contributed by atoms with E-state index in [-0.39, 0.29) is 12.5 Å². The topological polar surface area (TPSA) is 65.4 Å². The quantitative estimate of drug-likeness (QED) is 0.197. The van der Waals surface area contributed by atoms with Crippen molar-refractivity contribution < 1.29 is 14.3 Å². The van der Waals surface area contributed by atoms with Gasteiger partial charge in [0.05, 0.1) is 17.6 Å². The Morgan fingerprint density at radius 3 is 2.55 bits per heavy atom. The van der Waals surface area contributed by atoms with Crippen molar-refractivity contribution in [3.8, 4) is 11.5 Å². The summed E-state index contributed by atoms with van der Waals surface area (Å²) in [4.78, 5) is 17.0. The largest absolute Gasteiger partial charge is 0.493 e. The van der Waals surface area contributed by atoms with Gasteiger partial charge in [0.15, 0.2) is 6.61 Å². The summed E-state index contributed by atoms with van der Waals surface area (Å²) in [6.07, 6.45) is 3.58. The van der Waals surface area contributed by atoms with Gasteiger partial charge < -0.3 is 19.4 Å². The molecule has 0 radical (unpaired) electrons. The van der Waals surface area contributed by atoms with E-state index in [1.54, 1.807) is 0 Å². The highest BCUT2D eigenvalue weighted by atomic mass is 16.5. The number of carbonyl (C=O) groups is 1. The van der Waals surface area contributed by atoms with Crippen LogP contribution in [0.4, 0.5) is 0 Å². The molecular weight excluding hydrogens is 474 g/mol. The first-order valence-electron chi connectivity index (χ1n) is 13.6. The van der Waals surface area contributed by atoms with Crippen molar-refractivity contribution in [2.75, 3.05) is 19.8 Å². The normalized spacial score (nSPS) is 11.2. The Morgan fingerprint density at radius 2 is 1.74 bits per heavy atom. The highest BCUT2D eigenvalue weighted by Crippen LogP contribution is 2.27. The molecule has 0 unspecified atom stereocenters. The van der Waals surface area contributed by atoms with Crippen molar-refractivity contribution in [3.05, 3.63) is 89.7 Å². The van der Waals surface area contributed by atoms with Gasteiger partial charge >= 0.3 is 0 Å². The standard InChI is InChI=1S/C32H39N3O3/c1-24(2)27-18-17-25(3)22-30(27)37-21-10-9-20-35-29-15-8-7-14-28(29)34-31(35)16-11-19-33-32(36)23-38-26-12-5-4-6-13-26/h4-8,12-15,17-18,22,24H,9-11,16,19-21,23H2,1-3H3,(H,33,36). The zero-order valence-corrected chi connectivity index (χ0v) is 22.8. The molecule has 3 aromatic carbocycles. The summed E-state index contributed by atoms with van der Waals surface area (Å²) in [6, 6.07) is 24.1. The second-order valence-corrected chi connectivity index (χ2v) is 9.98. The predicted molar refractivity (Wildman–Crippen MR) is 153 cm³/mol. The summed E-state index contributed by atoms with van der Waals surface area (Å²) in [7, 11) is 0. The Labute approximate surface area is 226 Å². The van der Waals surface area contributed by atoms with Crippen LogP contribution >= 0.6 is 0 Å². The maximum Gasteiger partial charge on any atom is 0.257 e. The monoisotopic (exact) mass is 513 g/mol. The van der Waals surface area contributed by atoms with Gasteiger partial charge in [-0.05, 0) is 73.6 Å². The number of aromatic nitrogens is 2. The number of aryl methyl sites for hydroxylation is 3. The zero-order chi connectivity index (χ0) is 26.7. The predicted octanol–water partition coefficient (Wildman–Crippen LogP) is 6.46. The van der Waals surface area contributed by atoms with Gasteiger partial charge in [0.2, 0.25) is 0 Å². The molecule has 6 heteroatoms. The van der Waals surface area contributed by atoms with Crippen LogP contribution < -0.4 is 14.8 Å². The van der Waals surface area contributed by atoms with Gasteiger partial charge in [0.25, 0.3) is 5.91 Å². The molecule has 0 aliphatic carbocycles. The first-order chi connectivity index (χ1) is 18.5. The summed E-state index contributed by atoms with van der Waals surface area (Å²) in [6.45, 7) is 8.70. The Bertz CT molecular complexity index is 1310. The summed E-state index contributed by atoms with van der Waals surface area (Å²) in [5.74, 6) is 3.08. The van der Waals surface area contributed by atoms with E-state index in [0.29, 0.717) is 24.8 Å². The average molecular weight is 514 g/mol. The molecule has 6 nitrogen and oxygen atoms in total.